The molecule has 1 aliphatic heterocycles. The minimum Gasteiger partial charge on any atom is -0.375 e. The molecule has 11 heavy (non-hydrogen) atoms. The van der Waals surface area contributed by atoms with Crippen molar-refractivity contribution in [2.24, 2.45) is 5.92 Å². The Balaban J connectivity index is 2.45. The predicted molar refractivity (Wildman–Crippen MR) is 49.4 cm³/mol. The van der Waals surface area contributed by atoms with E-state index in [9.17, 15) is 0 Å². The van der Waals surface area contributed by atoms with Crippen molar-refractivity contribution in [3.63, 3.8) is 0 Å². The molecule has 0 amide bonds. The van der Waals surface area contributed by atoms with Gasteiger partial charge in [-0.1, -0.05) is 13.0 Å². The fourth-order valence-electron chi connectivity index (χ4n) is 1.42. The maximum Gasteiger partial charge on any atom is 0.0227 e. The summed E-state index contributed by atoms with van der Waals surface area (Å²) >= 11 is 0. The standard InChI is InChI=1S/C10H19N/c1-9(2)11-7-4-5-10(3)6-8-11/h4,7,9-10H,5-6,8H2,1-3H3. The molecule has 0 N–H and O–H groups in total. The van der Waals surface area contributed by atoms with Crippen LogP contribution in [0.15, 0.2) is 12.3 Å². The molecular formula is C10H19N. The van der Waals surface area contributed by atoms with Gasteiger partial charge in [-0.15, -0.1) is 0 Å². The highest BCUT2D eigenvalue weighted by Crippen LogP contribution is 2.15. The summed E-state index contributed by atoms with van der Waals surface area (Å²) in [6, 6.07) is 0.663. The topological polar surface area (TPSA) is 3.24 Å². The molecule has 0 radical (unpaired) electrons. The van der Waals surface area contributed by atoms with Gasteiger partial charge in [-0.2, -0.15) is 0 Å². The van der Waals surface area contributed by atoms with Gasteiger partial charge in [0, 0.05) is 12.6 Å². The molecule has 0 bridgehead atoms. The Morgan fingerprint density at radius 1 is 1.45 bits per heavy atom. The molecule has 0 fully saturated rings. The summed E-state index contributed by atoms with van der Waals surface area (Å²) in [7, 11) is 0. The molecule has 0 saturated carbocycles. The summed E-state index contributed by atoms with van der Waals surface area (Å²) in [6.07, 6.45) is 7.15. The van der Waals surface area contributed by atoms with Crippen LogP contribution in [0, 0.1) is 5.92 Å². The second-order valence-electron chi connectivity index (χ2n) is 3.85. The van der Waals surface area contributed by atoms with Crippen molar-refractivity contribution in [2.75, 3.05) is 6.54 Å². The zero-order chi connectivity index (χ0) is 8.27. The van der Waals surface area contributed by atoms with Crippen LogP contribution < -0.4 is 0 Å². The Morgan fingerprint density at radius 2 is 2.18 bits per heavy atom. The van der Waals surface area contributed by atoms with E-state index in [0.29, 0.717) is 6.04 Å². The predicted octanol–water partition coefficient (Wildman–Crippen LogP) is 2.64. The smallest absolute Gasteiger partial charge is 0.0227 e. The monoisotopic (exact) mass is 153 g/mol. The third-order valence-electron chi connectivity index (χ3n) is 2.38. The molecule has 64 valence electrons. The Kier molecular flexibility index (Phi) is 2.98. The van der Waals surface area contributed by atoms with Gasteiger partial charge in [0.1, 0.15) is 0 Å². The van der Waals surface area contributed by atoms with Gasteiger partial charge in [-0.3, -0.25) is 0 Å². The molecule has 1 rings (SSSR count). The zero-order valence-electron chi connectivity index (χ0n) is 7.88. The minimum absolute atomic E-state index is 0.663. The molecule has 0 aromatic heterocycles. The maximum absolute atomic E-state index is 2.42. The molecule has 1 heteroatoms. The van der Waals surface area contributed by atoms with E-state index >= 15 is 0 Å². The van der Waals surface area contributed by atoms with Crippen LogP contribution in [0.1, 0.15) is 33.6 Å². The third-order valence-corrected chi connectivity index (χ3v) is 2.38. The lowest BCUT2D eigenvalue weighted by Crippen LogP contribution is -2.26. The fourth-order valence-corrected chi connectivity index (χ4v) is 1.42. The van der Waals surface area contributed by atoms with Crippen LogP contribution in [0.5, 0.6) is 0 Å². The average Bonchev–Trinajstić information content (AvgIpc) is 2.13. The molecule has 1 unspecified atom stereocenters. The van der Waals surface area contributed by atoms with E-state index in [4.69, 9.17) is 0 Å². The third kappa shape index (κ3) is 2.57. The van der Waals surface area contributed by atoms with Gasteiger partial charge in [0.15, 0.2) is 0 Å². The van der Waals surface area contributed by atoms with Crippen molar-refractivity contribution in [2.45, 2.75) is 39.7 Å². The SMILES string of the molecule is CC1CC=CN(C(C)C)CC1. The van der Waals surface area contributed by atoms with Crippen LogP contribution in [-0.2, 0) is 0 Å². The van der Waals surface area contributed by atoms with E-state index in [1.165, 1.54) is 19.4 Å². The van der Waals surface area contributed by atoms with Crippen molar-refractivity contribution in [3.8, 4) is 0 Å². The second-order valence-corrected chi connectivity index (χ2v) is 3.85. The molecule has 0 spiro atoms. The van der Waals surface area contributed by atoms with Crippen molar-refractivity contribution < 1.29 is 0 Å². The Bertz CT molecular complexity index is 138. The number of rotatable bonds is 1. The molecular weight excluding hydrogens is 134 g/mol. The van der Waals surface area contributed by atoms with Crippen LogP contribution in [-0.4, -0.2) is 17.5 Å². The lowest BCUT2D eigenvalue weighted by Gasteiger charge is -2.23. The molecule has 0 aromatic carbocycles. The van der Waals surface area contributed by atoms with Gasteiger partial charge in [0.2, 0.25) is 0 Å². The highest BCUT2D eigenvalue weighted by Gasteiger charge is 2.09. The molecule has 0 saturated heterocycles. The van der Waals surface area contributed by atoms with Gasteiger partial charge in [-0.25, -0.2) is 0 Å². The number of hydrogen-bond acceptors (Lipinski definition) is 1. The van der Waals surface area contributed by atoms with Crippen LogP contribution in [0.4, 0.5) is 0 Å². The average molecular weight is 153 g/mol. The second kappa shape index (κ2) is 3.80. The van der Waals surface area contributed by atoms with Gasteiger partial charge >= 0.3 is 0 Å². The lowest BCUT2D eigenvalue weighted by atomic mass is 10.1. The van der Waals surface area contributed by atoms with Crippen LogP contribution in [0.3, 0.4) is 0 Å². The quantitative estimate of drug-likeness (QED) is 0.560. The zero-order valence-corrected chi connectivity index (χ0v) is 7.88. The molecule has 1 heterocycles. The highest BCUT2D eigenvalue weighted by atomic mass is 15.1. The Hall–Kier alpha value is -0.460. The van der Waals surface area contributed by atoms with E-state index < -0.39 is 0 Å². The summed E-state index contributed by atoms with van der Waals surface area (Å²) in [5.74, 6) is 0.870. The fraction of sp³-hybridized carbons (Fsp3) is 0.800. The molecule has 0 aromatic rings. The highest BCUT2D eigenvalue weighted by molar-refractivity contribution is 4.89. The van der Waals surface area contributed by atoms with E-state index in [-0.39, 0.29) is 0 Å². The van der Waals surface area contributed by atoms with E-state index in [0.717, 1.165) is 5.92 Å². The van der Waals surface area contributed by atoms with Crippen molar-refractivity contribution in [1.82, 2.24) is 4.90 Å². The summed E-state index contributed by atoms with van der Waals surface area (Å²) in [4.78, 5) is 2.42. The van der Waals surface area contributed by atoms with Crippen molar-refractivity contribution in [1.29, 1.82) is 0 Å². The first kappa shape index (κ1) is 8.63. The summed E-state index contributed by atoms with van der Waals surface area (Å²) in [5, 5.41) is 0. The first-order valence-corrected chi connectivity index (χ1v) is 4.62. The van der Waals surface area contributed by atoms with Gasteiger partial charge in [0.05, 0.1) is 0 Å². The Labute approximate surface area is 70.1 Å². The summed E-state index contributed by atoms with van der Waals surface area (Å²) in [6.45, 7) is 8.06. The van der Waals surface area contributed by atoms with Crippen LogP contribution >= 0.6 is 0 Å². The van der Waals surface area contributed by atoms with Crippen LogP contribution in [0.25, 0.3) is 0 Å². The van der Waals surface area contributed by atoms with E-state index in [2.05, 4.69) is 37.9 Å². The number of allylic oxidation sites excluding steroid dienone is 1. The first-order chi connectivity index (χ1) is 5.20. The first-order valence-electron chi connectivity index (χ1n) is 4.62. The van der Waals surface area contributed by atoms with Gasteiger partial charge in [-0.05, 0) is 38.8 Å². The number of hydrogen-bond donors (Lipinski definition) is 0. The van der Waals surface area contributed by atoms with E-state index in [1.54, 1.807) is 0 Å². The molecule has 0 aliphatic carbocycles. The molecule has 1 atom stereocenters. The maximum atomic E-state index is 2.42. The lowest BCUT2D eigenvalue weighted by molar-refractivity contribution is 0.298. The van der Waals surface area contributed by atoms with Crippen LogP contribution in [0.2, 0.25) is 0 Å². The minimum atomic E-state index is 0.663. The molecule has 1 aliphatic rings. The largest absolute Gasteiger partial charge is 0.375 e. The van der Waals surface area contributed by atoms with Gasteiger partial charge < -0.3 is 4.90 Å². The van der Waals surface area contributed by atoms with E-state index in [1.807, 2.05) is 0 Å². The Morgan fingerprint density at radius 3 is 2.82 bits per heavy atom. The molecule has 1 nitrogen and oxygen atoms in total. The van der Waals surface area contributed by atoms with Crippen molar-refractivity contribution >= 4 is 0 Å². The normalized spacial score (nSPS) is 25.8. The van der Waals surface area contributed by atoms with Gasteiger partial charge in [0.25, 0.3) is 0 Å². The number of nitrogens with zero attached hydrogens (tertiary/aromatic N) is 1. The van der Waals surface area contributed by atoms with Crippen molar-refractivity contribution in [3.05, 3.63) is 12.3 Å². The summed E-state index contributed by atoms with van der Waals surface area (Å²) in [5.41, 5.74) is 0. The summed E-state index contributed by atoms with van der Waals surface area (Å²) < 4.78 is 0.